The molecule has 146 valence electrons. The number of rotatable bonds is 7. The first-order valence-electron chi connectivity index (χ1n) is 8.92. The molecule has 1 saturated heterocycles. The van der Waals surface area contributed by atoms with Gasteiger partial charge in [0.2, 0.25) is 11.8 Å². The molecule has 0 saturated carbocycles. The van der Waals surface area contributed by atoms with Crippen LogP contribution in [0.25, 0.3) is 0 Å². The van der Waals surface area contributed by atoms with Crippen molar-refractivity contribution in [2.24, 2.45) is 5.92 Å². The van der Waals surface area contributed by atoms with Crippen LogP contribution in [0.2, 0.25) is 0 Å². The van der Waals surface area contributed by atoms with E-state index in [1.54, 1.807) is 31.2 Å². The molecule has 1 aromatic carbocycles. The van der Waals surface area contributed by atoms with Crippen molar-refractivity contribution in [2.45, 2.75) is 46.1 Å². The molecule has 3 N–H and O–H groups in total. The van der Waals surface area contributed by atoms with E-state index in [1.165, 1.54) is 6.92 Å². The lowest BCUT2D eigenvalue weighted by Gasteiger charge is -2.22. The van der Waals surface area contributed by atoms with Gasteiger partial charge in [-0.2, -0.15) is 0 Å². The molecule has 2 rings (SSSR count). The number of imide groups is 1. The van der Waals surface area contributed by atoms with Crippen molar-refractivity contribution in [3.05, 3.63) is 24.3 Å². The van der Waals surface area contributed by atoms with Gasteiger partial charge in [0.05, 0.1) is 0 Å². The molecule has 1 aromatic rings. The smallest absolute Gasteiger partial charge is 0.325 e. The van der Waals surface area contributed by atoms with E-state index < -0.39 is 17.5 Å². The summed E-state index contributed by atoms with van der Waals surface area (Å²) in [6.07, 6.45) is 1.32. The minimum Gasteiger partial charge on any atom is -0.326 e. The summed E-state index contributed by atoms with van der Waals surface area (Å²) in [4.78, 5) is 49.0. The molecule has 8 heteroatoms. The van der Waals surface area contributed by atoms with Gasteiger partial charge in [-0.3, -0.25) is 19.3 Å². The molecule has 1 heterocycles. The van der Waals surface area contributed by atoms with Crippen LogP contribution in [0.1, 0.15) is 40.5 Å². The Morgan fingerprint density at radius 1 is 1.11 bits per heavy atom. The van der Waals surface area contributed by atoms with Gasteiger partial charge in [-0.15, -0.1) is 0 Å². The van der Waals surface area contributed by atoms with Crippen molar-refractivity contribution in [3.8, 4) is 0 Å². The minimum atomic E-state index is -0.971. The Hall–Kier alpha value is -2.90. The van der Waals surface area contributed by atoms with E-state index in [0.29, 0.717) is 23.7 Å². The van der Waals surface area contributed by atoms with E-state index in [1.807, 2.05) is 13.8 Å². The zero-order valence-corrected chi connectivity index (χ0v) is 16.1. The normalized spacial score (nSPS) is 19.2. The maximum atomic E-state index is 12.6. The number of urea groups is 1. The lowest BCUT2D eigenvalue weighted by molar-refractivity contribution is -0.133. The van der Waals surface area contributed by atoms with Crippen LogP contribution in [0.15, 0.2) is 24.3 Å². The predicted octanol–water partition coefficient (Wildman–Crippen LogP) is 2.33. The molecular formula is C19H26N4O4. The first-order valence-corrected chi connectivity index (χ1v) is 8.92. The van der Waals surface area contributed by atoms with Crippen LogP contribution in [0.4, 0.5) is 16.2 Å². The lowest BCUT2D eigenvalue weighted by Crippen LogP contribution is -2.44. The third-order valence-electron chi connectivity index (χ3n) is 4.36. The number of amides is 5. The molecule has 0 radical (unpaired) electrons. The summed E-state index contributed by atoms with van der Waals surface area (Å²) < 4.78 is 0. The van der Waals surface area contributed by atoms with Crippen LogP contribution in [-0.2, 0) is 14.4 Å². The van der Waals surface area contributed by atoms with Crippen molar-refractivity contribution in [1.82, 2.24) is 10.2 Å². The summed E-state index contributed by atoms with van der Waals surface area (Å²) in [7, 11) is 0. The molecule has 1 fully saturated rings. The SMILES string of the molecule is CC(=O)Nc1ccc(NC(=O)CN2C(=O)N[C@](C)(CCC(C)C)C2=O)cc1. The van der Waals surface area contributed by atoms with E-state index in [9.17, 15) is 19.2 Å². The van der Waals surface area contributed by atoms with E-state index in [2.05, 4.69) is 16.0 Å². The molecule has 1 aliphatic heterocycles. The molecule has 0 aromatic heterocycles. The van der Waals surface area contributed by atoms with Crippen molar-refractivity contribution in [2.75, 3.05) is 17.2 Å². The number of carbonyl (C=O) groups is 4. The number of hydrogen-bond acceptors (Lipinski definition) is 4. The van der Waals surface area contributed by atoms with Gasteiger partial charge in [0.25, 0.3) is 5.91 Å². The second-order valence-corrected chi connectivity index (χ2v) is 7.39. The Bertz CT molecular complexity index is 745. The third kappa shape index (κ3) is 5.29. The van der Waals surface area contributed by atoms with E-state index in [4.69, 9.17) is 0 Å². The highest BCUT2D eigenvalue weighted by Crippen LogP contribution is 2.24. The summed E-state index contributed by atoms with van der Waals surface area (Å²) in [5, 5.41) is 7.97. The molecule has 8 nitrogen and oxygen atoms in total. The van der Waals surface area contributed by atoms with Crippen LogP contribution < -0.4 is 16.0 Å². The summed E-state index contributed by atoms with van der Waals surface area (Å²) in [6.45, 7) is 6.84. The van der Waals surface area contributed by atoms with E-state index in [-0.39, 0.29) is 18.4 Å². The molecule has 0 bridgehead atoms. The van der Waals surface area contributed by atoms with Crippen molar-refractivity contribution >= 4 is 35.1 Å². The fourth-order valence-corrected chi connectivity index (χ4v) is 2.82. The molecule has 0 spiro atoms. The second-order valence-electron chi connectivity index (χ2n) is 7.39. The van der Waals surface area contributed by atoms with Crippen LogP contribution in [0.3, 0.4) is 0 Å². The third-order valence-corrected chi connectivity index (χ3v) is 4.36. The zero-order chi connectivity index (χ0) is 20.2. The number of carbonyl (C=O) groups excluding carboxylic acids is 4. The monoisotopic (exact) mass is 374 g/mol. The Balaban J connectivity index is 1.96. The van der Waals surface area contributed by atoms with Crippen LogP contribution in [0.5, 0.6) is 0 Å². The van der Waals surface area contributed by atoms with Gasteiger partial charge in [-0.1, -0.05) is 13.8 Å². The van der Waals surface area contributed by atoms with Gasteiger partial charge >= 0.3 is 6.03 Å². The van der Waals surface area contributed by atoms with Gasteiger partial charge in [0.1, 0.15) is 12.1 Å². The highest BCUT2D eigenvalue weighted by molar-refractivity contribution is 6.09. The first-order chi connectivity index (χ1) is 12.6. The highest BCUT2D eigenvalue weighted by Gasteiger charge is 2.47. The fraction of sp³-hybridized carbons (Fsp3) is 0.474. The predicted molar refractivity (Wildman–Crippen MR) is 102 cm³/mol. The summed E-state index contributed by atoms with van der Waals surface area (Å²) in [5.41, 5.74) is 0.140. The van der Waals surface area contributed by atoms with E-state index >= 15 is 0 Å². The summed E-state index contributed by atoms with van der Waals surface area (Å²) in [6, 6.07) is 5.99. The van der Waals surface area contributed by atoms with Gasteiger partial charge in [-0.25, -0.2) is 4.79 Å². The average molecular weight is 374 g/mol. The maximum absolute atomic E-state index is 12.6. The molecule has 1 aliphatic rings. The largest absolute Gasteiger partial charge is 0.326 e. The Labute approximate surface area is 158 Å². The second kappa shape index (κ2) is 8.20. The van der Waals surface area contributed by atoms with Crippen LogP contribution in [0, 0.1) is 5.92 Å². The van der Waals surface area contributed by atoms with Crippen LogP contribution in [-0.4, -0.2) is 40.7 Å². The Morgan fingerprint density at radius 3 is 2.19 bits per heavy atom. The molecule has 27 heavy (non-hydrogen) atoms. The molecule has 0 unspecified atom stereocenters. The quantitative estimate of drug-likeness (QED) is 0.637. The number of benzene rings is 1. The summed E-state index contributed by atoms with van der Waals surface area (Å²) in [5.74, 6) is -0.640. The molecule has 1 atom stereocenters. The van der Waals surface area contributed by atoms with Crippen LogP contribution >= 0.6 is 0 Å². The van der Waals surface area contributed by atoms with E-state index in [0.717, 1.165) is 11.3 Å². The summed E-state index contributed by atoms with van der Waals surface area (Å²) >= 11 is 0. The average Bonchev–Trinajstić information content (AvgIpc) is 2.78. The van der Waals surface area contributed by atoms with Gasteiger partial charge in [0, 0.05) is 18.3 Å². The minimum absolute atomic E-state index is 0.189. The topological polar surface area (TPSA) is 108 Å². The molecular weight excluding hydrogens is 348 g/mol. The first kappa shape index (κ1) is 20.4. The van der Waals surface area contributed by atoms with Gasteiger partial charge in [-0.05, 0) is 49.9 Å². The Morgan fingerprint density at radius 2 is 1.67 bits per heavy atom. The van der Waals surface area contributed by atoms with Crippen molar-refractivity contribution in [3.63, 3.8) is 0 Å². The number of anilines is 2. The standard InChI is InChI=1S/C19H26N4O4/c1-12(2)9-10-19(4)17(26)23(18(27)22-19)11-16(25)21-15-7-5-14(6-8-15)20-13(3)24/h5-8,12H,9-11H2,1-4H3,(H,20,24)(H,21,25)(H,22,27)/t19-/m1/s1. The fourth-order valence-electron chi connectivity index (χ4n) is 2.82. The maximum Gasteiger partial charge on any atom is 0.325 e. The van der Waals surface area contributed by atoms with Crippen molar-refractivity contribution < 1.29 is 19.2 Å². The van der Waals surface area contributed by atoms with Gasteiger partial charge < -0.3 is 16.0 Å². The number of nitrogens with zero attached hydrogens (tertiary/aromatic N) is 1. The molecule has 0 aliphatic carbocycles. The highest BCUT2D eigenvalue weighted by atomic mass is 16.2. The molecule has 5 amide bonds. The zero-order valence-electron chi connectivity index (χ0n) is 16.1. The number of hydrogen-bond donors (Lipinski definition) is 3. The Kier molecular flexibility index (Phi) is 6.20. The number of nitrogens with one attached hydrogen (secondary N) is 3. The lowest BCUT2D eigenvalue weighted by atomic mass is 9.92. The van der Waals surface area contributed by atoms with Gasteiger partial charge in [0.15, 0.2) is 0 Å². The van der Waals surface area contributed by atoms with Crippen molar-refractivity contribution in [1.29, 1.82) is 0 Å².